The number of nitrogens with one attached hydrogen (secondary N) is 1. The molecule has 1 heterocycles. The smallest absolute Gasteiger partial charge is 0.270 e. The lowest BCUT2D eigenvalue weighted by Gasteiger charge is -2.26. The first-order valence-electron chi connectivity index (χ1n) is 9.84. The van der Waals surface area contributed by atoms with Gasteiger partial charge in [0.1, 0.15) is 5.69 Å². The summed E-state index contributed by atoms with van der Waals surface area (Å²) >= 11 is 0. The highest BCUT2D eigenvalue weighted by atomic mass is 16.3. The molecule has 0 radical (unpaired) electrons. The third-order valence-electron chi connectivity index (χ3n) is 5.00. The van der Waals surface area contributed by atoms with Crippen LogP contribution in [0.3, 0.4) is 0 Å². The molecule has 0 fully saturated rings. The fourth-order valence-corrected chi connectivity index (χ4v) is 2.70. The summed E-state index contributed by atoms with van der Waals surface area (Å²) in [5.41, 5.74) is 2.49. The Hall–Kier alpha value is -2.64. The predicted molar refractivity (Wildman–Crippen MR) is 114 cm³/mol. The Labute approximate surface area is 168 Å². The molecule has 0 saturated heterocycles. The van der Waals surface area contributed by atoms with Gasteiger partial charge in [-0.2, -0.15) is 0 Å². The van der Waals surface area contributed by atoms with Gasteiger partial charge in [-0.25, -0.2) is 4.98 Å². The van der Waals surface area contributed by atoms with E-state index in [-0.39, 0.29) is 11.9 Å². The monoisotopic (exact) mass is 378 g/mol. The second-order valence-corrected chi connectivity index (χ2v) is 7.62. The fourth-order valence-electron chi connectivity index (χ4n) is 2.70. The molecule has 1 amide bonds. The van der Waals surface area contributed by atoms with Gasteiger partial charge in [0.25, 0.3) is 5.91 Å². The molecule has 1 aromatic rings. The third kappa shape index (κ3) is 5.94. The second-order valence-electron chi connectivity index (χ2n) is 7.62. The highest BCUT2D eigenvalue weighted by Crippen LogP contribution is 2.23. The van der Waals surface area contributed by atoms with Gasteiger partial charge in [0.15, 0.2) is 0 Å². The third-order valence-corrected chi connectivity index (χ3v) is 5.00. The molecule has 1 aliphatic carbocycles. The molecule has 2 N–H and O–H groups in total. The Morgan fingerprint density at radius 1 is 1.32 bits per heavy atom. The molecule has 2 rings (SSSR count). The summed E-state index contributed by atoms with van der Waals surface area (Å²) in [4.78, 5) is 16.5. The second kappa shape index (κ2) is 9.52. The maximum atomic E-state index is 12.3. The van der Waals surface area contributed by atoms with E-state index in [2.05, 4.69) is 60.3 Å². The average molecular weight is 379 g/mol. The molecule has 0 spiro atoms. The van der Waals surface area contributed by atoms with Crippen LogP contribution in [0.1, 0.15) is 63.5 Å². The lowest BCUT2D eigenvalue weighted by molar-refractivity contribution is 0.0407. The van der Waals surface area contributed by atoms with Gasteiger partial charge < -0.3 is 10.4 Å². The zero-order valence-corrected chi connectivity index (χ0v) is 17.4. The largest absolute Gasteiger partial charge is 0.388 e. The highest BCUT2D eigenvalue weighted by Gasteiger charge is 2.24. The first-order valence-corrected chi connectivity index (χ1v) is 9.84. The van der Waals surface area contributed by atoms with Crippen LogP contribution in [0.25, 0.3) is 0 Å². The van der Waals surface area contributed by atoms with Crippen molar-refractivity contribution in [3.8, 4) is 11.8 Å². The molecule has 2 atom stereocenters. The summed E-state index contributed by atoms with van der Waals surface area (Å²) in [5.74, 6) is 6.43. The molecular weight excluding hydrogens is 348 g/mol. The molecular formula is C24H30N2O2. The average Bonchev–Trinajstić information content (AvgIpc) is 2.87. The number of aliphatic hydroxyl groups is 1. The van der Waals surface area contributed by atoms with E-state index in [1.54, 1.807) is 39.1 Å². The maximum Gasteiger partial charge on any atom is 0.270 e. The van der Waals surface area contributed by atoms with Gasteiger partial charge in [-0.3, -0.25) is 4.79 Å². The maximum absolute atomic E-state index is 12.3. The molecule has 28 heavy (non-hydrogen) atoms. The van der Waals surface area contributed by atoms with Crippen LogP contribution in [0, 0.1) is 17.8 Å². The molecule has 4 heteroatoms. The van der Waals surface area contributed by atoms with Crippen LogP contribution in [-0.2, 0) is 0 Å². The van der Waals surface area contributed by atoms with Crippen molar-refractivity contribution in [2.45, 2.75) is 59.1 Å². The van der Waals surface area contributed by atoms with Gasteiger partial charge in [0.05, 0.1) is 11.6 Å². The van der Waals surface area contributed by atoms with Gasteiger partial charge in [-0.1, -0.05) is 55.6 Å². The van der Waals surface area contributed by atoms with Crippen molar-refractivity contribution in [3.63, 3.8) is 0 Å². The van der Waals surface area contributed by atoms with E-state index >= 15 is 0 Å². The van der Waals surface area contributed by atoms with Crippen LogP contribution in [-0.4, -0.2) is 27.6 Å². The van der Waals surface area contributed by atoms with Crippen molar-refractivity contribution in [1.29, 1.82) is 0 Å². The number of aromatic nitrogens is 1. The predicted octanol–water partition coefficient (Wildman–Crippen LogP) is 4.18. The Bertz CT molecular complexity index is 843. The first-order chi connectivity index (χ1) is 13.2. The summed E-state index contributed by atoms with van der Waals surface area (Å²) in [6, 6.07) is 3.07. The summed E-state index contributed by atoms with van der Waals surface area (Å²) in [7, 11) is 0. The first kappa shape index (κ1) is 21.7. The zero-order chi connectivity index (χ0) is 20.7. The van der Waals surface area contributed by atoms with Crippen LogP contribution in [0.2, 0.25) is 0 Å². The van der Waals surface area contributed by atoms with E-state index in [1.165, 1.54) is 5.57 Å². The van der Waals surface area contributed by atoms with Crippen molar-refractivity contribution in [2.75, 3.05) is 0 Å². The van der Waals surface area contributed by atoms with Crippen molar-refractivity contribution < 1.29 is 9.90 Å². The summed E-state index contributed by atoms with van der Waals surface area (Å²) in [6.45, 7) is 9.40. The number of nitrogens with zero attached hydrogens (tertiary/aromatic N) is 1. The van der Waals surface area contributed by atoms with E-state index < -0.39 is 5.60 Å². The molecule has 0 bridgehead atoms. The number of carbonyl (C=O) groups excluding carboxylic acids is 1. The number of allylic oxidation sites excluding steroid dienone is 6. The zero-order valence-electron chi connectivity index (χ0n) is 17.4. The SMILES string of the molecule is CCC1=CC(CC)C(C#Cc2ccc(C(=O)NC(C)C(C)(C)O)nc2)=CC=C1. The number of hydrogen-bond donors (Lipinski definition) is 2. The number of pyridine rings is 1. The normalized spacial score (nSPS) is 17.6. The van der Waals surface area contributed by atoms with Crippen LogP contribution in [0.5, 0.6) is 0 Å². The minimum Gasteiger partial charge on any atom is -0.388 e. The molecule has 0 saturated carbocycles. The molecule has 1 aliphatic rings. The molecule has 2 unspecified atom stereocenters. The van der Waals surface area contributed by atoms with Gasteiger partial charge in [0, 0.05) is 23.3 Å². The Morgan fingerprint density at radius 3 is 2.64 bits per heavy atom. The highest BCUT2D eigenvalue weighted by molar-refractivity contribution is 5.92. The van der Waals surface area contributed by atoms with Crippen LogP contribution in [0.15, 0.2) is 53.8 Å². The van der Waals surface area contributed by atoms with E-state index in [0.29, 0.717) is 11.6 Å². The molecule has 148 valence electrons. The fraction of sp³-hybridized carbons (Fsp3) is 0.417. The molecule has 1 aromatic heterocycles. The Kier molecular flexibility index (Phi) is 7.37. The molecule has 0 aliphatic heterocycles. The number of carbonyl (C=O) groups is 1. The number of hydrogen-bond acceptors (Lipinski definition) is 3. The van der Waals surface area contributed by atoms with E-state index in [0.717, 1.165) is 24.0 Å². The van der Waals surface area contributed by atoms with Gasteiger partial charge in [-0.15, -0.1) is 0 Å². The lowest BCUT2D eigenvalue weighted by atomic mass is 9.94. The van der Waals surface area contributed by atoms with Crippen molar-refractivity contribution in [3.05, 3.63) is 65.0 Å². The van der Waals surface area contributed by atoms with Crippen LogP contribution in [0.4, 0.5) is 0 Å². The quantitative estimate of drug-likeness (QED) is 0.756. The standard InChI is InChI=1S/C24H30N2O2/c1-6-18-9-8-10-21(20(7-2)15-18)13-11-19-12-14-22(25-16-19)23(27)26-17(3)24(4,5)28/h8-10,12,14-17,20,28H,6-7H2,1-5H3,(H,26,27). The van der Waals surface area contributed by atoms with Crippen molar-refractivity contribution in [2.24, 2.45) is 5.92 Å². The van der Waals surface area contributed by atoms with Gasteiger partial charge in [0.2, 0.25) is 0 Å². The lowest BCUT2D eigenvalue weighted by Crippen LogP contribution is -2.47. The molecule has 4 nitrogen and oxygen atoms in total. The topological polar surface area (TPSA) is 62.2 Å². The molecule has 0 aromatic carbocycles. The van der Waals surface area contributed by atoms with Gasteiger partial charge in [-0.05, 0) is 45.7 Å². The van der Waals surface area contributed by atoms with Crippen LogP contribution < -0.4 is 5.32 Å². The van der Waals surface area contributed by atoms with E-state index in [9.17, 15) is 9.90 Å². The summed E-state index contributed by atoms with van der Waals surface area (Å²) in [5, 5.41) is 12.7. The number of rotatable bonds is 5. The minimum atomic E-state index is -0.996. The van der Waals surface area contributed by atoms with Gasteiger partial charge >= 0.3 is 0 Å². The van der Waals surface area contributed by atoms with Crippen molar-refractivity contribution >= 4 is 5.91 Å². The Morgan fingerprint density at radius 2 is 2.07 bits per heavy atom. The minimum absolute atomic E-state index is 0.306. The van der Waals surface area contributed by atoms with E-state index in [4.69, 9.17) is 0 Å². The van der Waals surface area contributed by atoms with E-state index in [1.807, 2.05) is 0 Å². The summed E-state index contributed by atoms with van der Waals surface area (Å²) in [6.07, 6.45) is 12.2. The van der Waals surface area contributed by atoms with Crippen molar-refractivity contribution in [1.82, 2.24) is 10.3 Å². The van der Waals surface area contributed by atoms with Crippen LogP contribution >= 0.6 is 0 Å². The Balaban J connectivity index is 2.11. The number of amides is 1. The summed E-state index contributed by atoms with van der Waals surface area (Å²) < 4.78 is 0.